The van der Waals surface area contributed by atoms with E-state index < -0.39 is 0 Å². The van der Waals surface area contributed by atoms with Crippen molar-refractivity contribution in [1.29, 1.82) is 0 Å². The second-order valence-electron chi connectivity index (χ2n) is 3.73. The van der Waals surface area contributed by atoms with E-state index in [-0.39, 0.29) is 5.78 Å². The van der Waals surface area contributed by atoms with Crippen molar-refractivity contribution < 1.29 is 4.79 Å². The fraction of sp³-hybridized carbons (Fsp3) is 0.250. The highest BCUT2D eigenvalue weighted by Crippen LogP contribution is 2.32. The van der Waals surface area contributed by atoms with E-state index in [4.69, 9.17) is 0 Å². The molecule has 0 radical (unpaired) electrons. The number of carbonyl (C=O) groups is 1. The van der Waals surface area contributed by atoms with Crippen molar-refractivity contribution in [3.8, 4) is 0 Å². The average Bonchev–Trinajstić information content (AvgIpc) is 2.22. The van der Waals surface area contributed by atoms with Crippen LogP contribution in [-0.4, -0.2) is 30.5 Å². The highest BCUT2D eigenvalue weighted by Gasteiger charge is 2.21. The van der Waals surface area contributed by atoms with Gasteiger partial charge in [-0.05, 0) is 12.1 Å². The molecule has 0 saturated carbocycles. The molecule has 0 spiro atoms. The number of ketones is 1. The van der Waals surface area contributed by atoms with Crippen LogP contribution in [0.3, 0.4) is 0 Å². The molecule has 15 heavy (non-hydrogen) atoms. The molecule has 2 nitrogen and oxygen atoms in total. The highest BCUT2D eigenvalue weighted by atomic mass is 32.2. The summed E-state index contributed by atoms with van der Waals surface area (Å²) in [6.45, 7) is 0. The Kier molecular flexibility index (Phi) is 2.82. The first kappa shape index (κ1) is 10.3. The van der Waals surface area contributed by atoms with Crippen LogP contribution < -0.4 is 0 Å². The maximum atomic E-state index is 12.0. The zero-order valence-corrected chi connectivity index (χ0v) is 9.67. The average molecular weight is 219 g/mol. The molecule has 1 heterocycles. The molecule has 1 aliphatic heterocycles. The SMILES string of the molecule is CN(C)C=C1CSc2ccccc2C1=O. The van der Waals surface area contributed by atoms with Gasteiger partial charge in [-0.1, -0.05) is 12.1 Å². The van der Waals surface area contributed by atoms with Gasteiger partial charge in [0.1, 0.15) is 0 Å². The molecule has 1 aliphatic rings. The van der Waals surface area contributed by atoms with Gasteiger partial charge in [0.05, 0.1) is 0 Å². The second kappa shape index (κ2) is 4.11. The third kappa shape index (κ3) is 2.07. The Balaban J connectivity index is 2.38. The fourth-order valence-electron chi connectivity index (χ4n) is 1.58. The van der Waals surface area contributed by atoms with Gasteiger partial charge in [-0.3, -0.25) is 4.79 Å². The summed E-state index contributed by atoms with van der Waals surface area (Å²) in [6.07, 6.45) is 1.91. The molecular formula is C12H13NOS. The van der Waals surface area contributed by atoms with Crippen molar-refractivity contribution in [2.24, 2.45) is 0 Å². The number of rotatable bonds is 1. The predicted octanol–water partition coefficient (Wildman–Crippen LogP) is 2.42. The Labute approximate surface area is 94.0 Å². The maximum absolute atomic E-state index is 12.0. The minimum Gasteiger partial charge on any atom is -0.383 e. The zero-order chi connectivity index (χ0) is 10.8. The monoisotopic (exact) mass is 219 g/mol. The van der Waals surface area contributed by atoms with Crippen LogP contribution in [0.25, 0.3) is 0 Å². The van der Waals surface area contributed by atoms with E-state index in [1.54, 1.807) is 11.8 Å². The fourth-order valence-corrected chi connectivity index (χ4v) is 2.59. The van der Waals surface area contributed by atoms with E-state index in [0.717, 1.165) is 21.8 Å². The van der Waals surface area contributed by atoms with Crippen LogP contribution >= 0.6 is 11.8 Å². The number of Topliss-reactive ketones (excluding diaryl/α,β-unsaturated/α-hetero) is 1. The minimum absolute atomic E-state index is 0.165. The van der Waals surface area contributed by atoms with Gasteiger partial charge >= 0.3 is 0 Å². The molecule has 0 amide bonds. The number of hydrogen-bond donors (Lipinski definition) is 0. The number of nitrogens with zero attached hydrogens (tertiary/aromatic N) is 1. The summed E-state index contributed by atoms with van der Waals surface area (Å²) in [7, 11) is 3.87. The van der Waals surface area contributed by atoms with Crippen molar-refractivity contribution in [2.75, 3.05) is 19.8 Å². The third-order valence-corrected chi connectivity index (χ3v) is 3.34. The molecule has 0 aliphatic carbocycles. The van der Waals surface area contributed by atoms with Crippen LogP contribution in [0.4, 0.5) is 0 Å². The lowest BCUT2D eigenvalue weighted by Crippen LogP contribution is -2.15. The molecule has 3 heteroatoms. The largest absolute Gasteiger partial charge is 0.383 e. The second-order valence-corrected chi connectivity index (χ2v) is 4.75. The van der Waals surface area contributed by atoms with Gasteiger partial charge in [0.15, 0.2) is 5.78 Å². The lowest BCUT2D eigenvalue weighted by atomic mass is 10.0. The summed E-state index contributed by atoms with van der Waals surface area (Å²) in [6, 6.07) is 7.79. The van der Waals surface area contributed by atoms with Crippen LogP contribution in [0, 0.1) is 0 Å². The van der Waals surface area contributed by atoms with Gasteiger partial charge in [-0.2, -0.15) is 0 Å². The summed E-state index contributed by atoms with van der Waals surface area (Å²) in [4.78, 5) is 15.1. The van der Waals surface area contributed by atoms with E-state index >= 15 is 0 Å². The van der Waals surface area contributed by atoms with Gasteiger partial charge < -0.3 is 4.90 Å². The Morgan fingerprint density at radius 2 is 2.07 bits per heavy atom. The molecule has 0 fully saturated rings. The quantitative estimate of drug-likeness (QED) is 0.677. The Hall–Kier alpha value is -1.22. The number of carbonyl (C=O) groups excluding carboxylic acids is 1. The molecule has 2 rings (SSSR count). The standard InChI is InChI=1S/C12H13NOS/c1-13(2)7-9-8-15-11-6-4-3-5-10(11)12(9)14/h3-7H,8H2,1-2H3. The topological polar surface area (TPSA) is 20.3 Å². The summed E-state index contributed by atoms with van der Waals surface area (Å²) in [5, 5.41) is 0. The maximum Gasteiger partial charge on any atom is 0.192 e. The summed E-state index contributed by atoms with van der Waals surface area (Å²) in [5.74, 6) is 0.937. The van der Waals surface area contributed by atoms with E-state index in [1.807, 2.05) is 49.5 Å². The minimum atomic E-state index is 0.165. The molecular weight excluding hydrogens is 206 g/mol. The van der Waals surface area contributed by atoms with E-state index in [1.165, 1.54) is 0 Å². The first-order valence-electron chi connectivity index (χ1n) is 4.82. The molecule has 78 valence electrons. The Bertz CT molecular complexity index is 423. The molecule has 0 saturated heterocycles. The van der Waals surface area contributed by atoms with Crippen LogP contribution in [-0.2, 0) is 0 Å². The molecule has 1 aromatic rings. The van der Waals surface area contributed by atoms with Crippen molar-refractivity contribution in [3.05, 3.63) is 41.6 Å². The number of thioether (sulfide) groups is 1. The van der Waals surface area contributed by atoms with Crippen LogP contribution in [0.1, 0.15) is 10.4 Å². The van der Waals surface area contributed by atoms with Crippen LogP contribution in [0.15, 0.2) is 40.9 Å². The molecule has 0 bridgehead atoms. The summed E-state index contributed by atoms with van der Waals surface area (Å²) in [5.41, 5.74) is 1.71. The lowest BCUT2D eigenvalue weighted by Gasteiger charge is -2.18. The molecule has 0 aromatic heterocycles. The molecule has 0 atom stereocenters. The van der Waals surface area contributed by atoms with E-state index in [9.17, 15) is 4.79 Å². The first-order chi connectivity index (χ1) is 7.18. The van der Waals surface area contributed by atoms with Crippen LogP contribution in [0.2, 0.25) is 0 Å². The predicted molar refractivity (Wildman–Crippen MR) is 63.3 cm³/mol. The Morgan fingerprint density at radius 1 is 1.33 bits per heavy atom. The van der Waals surface area contributed by atoms with Gasteiger partial charge in [-0.15, -0.1) is 11.8 Å². The molecule has 0 N–H and O–H groups in total. The number of benzene rings is 1. The highest BCUT2D eigenvalue weighted by molar-refractivity contribution is 7.99. The van der Waals surface area contributed by atoms with Gasteiger partial charge in [0.25, 0.3) is 0 Å². The zero-order valence-electron chi connectivity index (χ0n) is 8.86. The third-order valence-electron chi connectivity index (χ3n) is 2.22. The summed E-state index contributed by atoms with van der Waals surface area (Å²) >= 11 is 1.73. The van der Waals surface area contributed by atoms with Crippen molar-refractivity contribution in [3.63, 3.8) is 0 Å². The van der Waals surface area contributed by atoms with Crippen LogP contribution in [0.5, 0.6) is 0 Å². The van der Waals surface area contributed by atoms with Crippen molar-refractivity contribution in [1.82, 2.24) is 4.90 Å². The van der Waals surface area contributed by atoms with Gasteiger partial charge in [0, 0.05) is 42.1 Å². The normalized spacial score (nSPS) is 17.7. The molecule has 0 unspecified atom stereocenters. The van der Waals surface area contributed by atoms with E-state index in [2.05, 4.69) is 0 Å². The van der Waals surface area contributed by atoms with Gasteiger partial charge in [-0.25, -0.2) is 0 Å². The first-order valence-corrected chi connectivity index (χ1v) is 5.80. The number of fused-ring (bicyclic) bond motifs is 1. The van der Waals surface area contributed by atoms with Crippen molar-refractivity contribution in [2.45, 2.75) is 4.90 Å². The lowest BCUT2D eigenvalue weighted by molar-refractivity contribution is 0.102. The summed E-state index contributed by atoms with van der Waals surface area (Å²) < 4.78 is 0. The number of hydrogen-bond acceptors (Lipinski definition) is 3. The van der Waals surface area contributed by atoms with Crippen molar-refractivity contribution >= 4 is 17.5 Å². The smallest absolute Gasteiger partial charge is 0.192 e. The Morgan fingerprint density at radius 3 is 2.80 bits per heavy atom. The molecule has 1 aromatic carbocycles. The van der Waals surface area contributed by atoms with Gasteiger partial charge in [0.2, 0.25) is 0 Å². The van der Waals surface area contributed by atoms with E-state index in [0.29, 0.717) is 0 Å².